The number of rotatable bonds is 4. The summed E-state index contributed by atoms with van der Waals surface area (Å²) in [6.45, 7) is 7.71. The first-order chi connectivity index (χ1) is 16.0. The van der Waals surface area contributed by atoms with E-state index >= 15 is 0 Å². The maximum absolute atomic E-state index is 14.1. The van der Waals surface area contributed by atoms with E-state index in [0.717, 1.165) is 30.0 Å². The lowest BCUT2D eigenvalue weighted by atomic mass is 9.68. The molecule has 2 aromatic rings. The van der Waals surface area contributed by atoms with Crippen LogP contribution in [0.5, 0.6) is 0 Å². The number of amides is 1. The molecule has 1 N–H and O–H groups in total. The summed E-state index contributed by atoms with van der Waals surface area (Å²) in [6.07, 6.45) is 4.13. The van der Waals surface area contributed by atoms with E-state index in [1.165, 1.54) is 13.2 Å². The van der Waals surface area contributed by atoms with Crippen LogP contribution >= 0.6 is 0 Å². The third-order valence-corrected chi connectivity index (χ3v) is 7.08. The Kier molecular flexibility index (Phi) is 6.35. The third-order valence-electron chi connectivity index (χ3n) is 7.08. The monoisotopic (exact) mass is 474 g/mol. The molecule has 0 aromatic carbocycles. The largest absolute Gasteiger partial charge is 0.464 e. The van der Waals surface area contributed by atoms with Gasteiger partial charge in [0.25, 0.3) is 5.91 Å². The molecule has 1 amide bonds. The lowest BCUT2D eigenvalue weighted by Crippen LogP contribution is -2.44. The number of halogens is 1. The highest BCUT2D eigenvalue weighted by atomic mass is 19.1. The highest BCUT2D eigenvalue weighted by Gasteiger charge is 2.47. The predicted octanol–water partition coefficient (Wildman–Crippen LogP) is 3.17. The summed E-state index contributed by atoms with van der Waals surface area (Å²) in [7, 11) is 1.19. The van der Waals surface area contributed by atoms with E-state index in [-0.39, 0.29) is 46.8 Å². The second kappa shape index (κ2) is 8.96. The molecule has 2 aliphatic rings. The predicted molar refractivity (Wildman–Crippen MR) is 119 cm³/mol. The Morgan fingerprint density at radius 1 is 1.15 bits per heavy atom. The van der Waals surface area contributed by atoms with Crippen LogP contribution in [0.25, 0.3) is 5.65 Å². The Morgan fingerprint density at radius 3 is 2.53 bits per heavy atom. The van der Waals surface area contributed by atoms with Crippen LogP contribution in [0.4, 0.5) is 4.39 Å². The minimum Gasteiger partial charge on any atom is -0.464 e. The quantitative estimate of drug-likeness (QED) is 0.678. The van der Waals surface area contributed by atoms with Crippen LogP contribution < -0.4 is 5.32 Å². The van der Waals surface area contributed by atoms with Gasteiger partial charge in [0.15, 0.2) is 17.2 Å². The number of hydrogen-bond donors (Lipinski definition) is 1. The van der Waals surface area contributed by atoms with Gasteiger partial charge in [0.05, 0.1) is 19.2 Å². The highest BCUT2D eigenvalue weighted by Crippen LogP contribution is 2.48. The summed E-state index contributed by atoms with van der Waals surface area (Å²) in [6, 6.07) is 1.17. The smallest absolute Gasteiger partial charge is 0.356 e. The Morgan fingerprint density at radius 2 is 1.85 bits per heavy atom. The third kappa shape index (κ3) is 4.50. The minimum absolute atomic E-state index is 0.00763. The molecule has 2 aliphatic carbocycles. The Labute approximate surface area is 197 Å². The molecule has 2 heterocycles. The average molecular weight is 475 g/mol. The van der Waals surface area contributed by atoms with Crippen LogP contribution in [-0.2, 0) is 14.3 Å². The zero-order chi connectivity index (χ0) is 24.8. The van der Waals surface area contributed by atoms with E-state index in [9.17, 15) is 18.8 Å². The molecule has 3 unspecified atom stereocenters. The van der Waals surface area contributed by atoms with Crippen LogP contribution in [0.3, 0.4) is 0 Å². The van der Waals surface area contributed by atoms with Gasteiger partial charge in [0.1, 0.15) is 11.3 Å². The van der Waals surface area contributed by atoms with E-state index in [1.807, 2.05) is 20.8 Å². The summed E-state index contributed by atoms with van der Waals surface area (Å²) in [4.78, 5) is 41.9. The van der Waals surface area contributed by atoms with Crippen molar-refractivity contribution < 1.29 is 28.2 Å². The zero-order valence-corrected chi connectivity index (χ0v) is 20.1. The highest BCUT2D eigenvalue weighted by molar-refractivity contribution is 5.96. The van der Waals surface area contributed by atoms with Gasteiger partial charge in [-0.3, -0.25) is 9.59 Å². The number of carbonyl (C=O) groups is 3. The van der Waals surface area contributed by atoms with E-state index in [1.54, 1.807) is 0 Å². The molecular weight excluding hydrogens is 443 g/mol. The van der Waals surface area contributed by atoms with E-state index in [0.29, 0.717) is 12.3 Å². The van der Waals surface area contributed by atoms with Crippen molar-refractivity contribution in [2.45, 2.75) is 65.0 Å². The fourth-order valence-electron chi connectivity index (χ4n) is 5.54. The van der Waals surface area contributed by atoms with Gasteiger partial charge in [-0.05, 0) is 64.2 Å². The van der Waals surface area contributed by atoms with Crippen molar-refractivity contribution in [2.75, 3.05) is 7.11 Å². The molecule has 34 heavy (non-hydrogen) atoms. The fraction of sp³-hybridized carbons (Fsp3) is 0.625. The second-order valence-electron chi connectivity index (χ2n) is 10.3. The molecule has 0 spiro atoms. The van der Waals surface area contributed by atoms with Crippen molar-refractivity contribution in [3.8, 4) is 0 Å². The van der Waals surface area contributed by atoms with Gasteiger partial charge < -0.3 is 14.8 Å². The van der Waals surface area contributed by atoms with E-state index in [2.05, 4.69) is 27.1 Å². The number of nitrogens with one attached hydrogen (secondary N) is 1. The number of fused-ring (bicyclic) bond motifs is 2. The number of aromatic nitrogens is 3. The molecule has 2 saturated carbocycles. The van der Waals surface area contributed by atoms with Crippen molar-refractivity contribution in [3.05, 3.63) is 29.5 Å². The summed E-state index contributed by atoms with van der Waals surface area (Å²) in [5, 5.41) is 6.97. The average Bonchev–Trinajstić information content (AvgIpc) is 3.35. The van der Waals surface area contributed by atoms with Crippen molar-refractivity contribution in [1.82, 2.24) is 19.9 Å². The van der Waals surface area contributed by atoms with Gasteiger partial charge in [-0.1, -0.05) is 6.92 Å². The molecule has 0 bridgehead atoms. The first kappa shape index (κ1) is 24.1. The van der Waals surface area contributed by atoms with Crippen LogP contribution in [0.1, 0.15) is 74.4 Å². The second-order valence-corrected chi connectivity index (χ2v) is 10.3. The van der Waals surface area contributed by atoms with Crippen LogP contribution in [-0.4, -0.2) is 51.2 Å². The molecule has 4 rings (SSSR count). The normalized spacial score (nSPS) is 26.7. The molecular formula is C24H31FN4O5. The number of nitrogens with zero attached hydrogens (tertiary/aromatic N) is 3. The fourth-order valence-corrected chi connectivity index (χ4v) is 5.54. The van der Waals surface area contributed by atoms with Gasteiger partial charge in [-0.25, -0.2) is 18.7 Å². The molecule has 0 radical (unpaired) electrons. The Bertz CT molecular complexity index is 1120. The summed E-state index contributed by atoms with van der Waals surface area (Å²) < 4.78 is 25.6. The number of methoxy groups -OCH3 is 1. The SMILES string of the molecule is COC(=O)c1cc(C(=O)N[C@H]2CCC3C2CC[C@H](C(=O)OC(C)(C)C)C3C)n2ncc(F)c2n1. The van der Waals surface area contributed by atoms with Gasteiger partial charge in [0.2, 0.25) is 0 Å². The summed E-state index contributed by atoms with van der Waals surface area (Å²) >= 11 is 0. The molecule has 2 fully saturated rings. The minimum atomic E-state index is -0.771. The van der Waals surface area contributed by atoms with Gasteiger partial charge in [-0.2, -0.15) is 5.10 Å². The molecule has 5 atom stereocenters. The standard InChI is InChI=1S/C24H31FN4O5/c1-12-13-8-9-17(15(13)7-6-14(12)22(31)34-24(2,3)4)28-21(30)19-10-18(23(32)33-5)27-20-16(25)11-26-29(19)20/h10-15,17H,6-9H2,1-5H3,(H,28,30)/t12?,13?,14-,15?,17-/m0/s1. The first-order valence-corrected chi connectivity index (χ1v) is 11.7. The van der Waals surface area contributed by atoms with E-state index in [4.69, 9.17) is 4.74 Å². The maximum Gasteiger partial charge on any atom is 0.356 e. The molecule has 9 nitrogen and oxygen atoms in total. The maximum atomic E-state index is 14.1. The van der Waals surface area contributed by atoms with Crippen LogP contribution in [0.15, 0.2) is 12.3 Å². The topological polar surface area (TPSA) is 112 Å². The summed E-state index contributed by atoms with van der Waals surface area (Å²) in [5.41, 5.74) is -0.905. The van der Waals surface area contributed by atoms with Crippen molar-refractivity contribution in [1.29, 1.82) is 0 Å². The van der Waals surface area contributed by atoms with Crippen molar-refractivity contribution in [3.63, 3.8) is 0 Å². The number of hydrogen-bond acceptors (Lipinski definition) is 7. The van der Waals surface area contributed by atoms with Gasteiger partial charge in [-0.15, -0.1) is 0 Å². The molecule has 10 heteroatoms. The lowest BCUT2D eigenvalue weighted by molar-refractivity contribution is -0.164. The Balaban J connectivity index is 1.51. The lowest BCUT2D eigenvalue weighted by Gasteiger charge is -2.39. The van der Waals surface area contributed by atoms with Crippen LogP contribution in [0, 0.1) is 29.5 Å². The number of carbonyl (C=O) groups excluding carboxylic acids is 3. The number of ether oxygens (including phenoxy) is 2. The molecule has 0 saturated heterocycles. The molecule has 184 valence electrons. The van der Waals surface area contributed by atoms with Gasteiger partial charge >= 0.3 is 11.9 Å². The number of esters is 2. The summed E-state index contributed by atoms with van der Waals surface area (Å²) in [5.74, 6) is -1.61. The Hall–Kier alpha value is -3.04. The van der Waals surface area contributed by atoms with Crippen molar-refractivity contribution in [2.24, 2.45) is 23.7 Å². The van der Waals surface area contributed by atoms with Crippen molar-refractivity contribution >= 4 is 23.5 Å². The zero-order valence-electron chi connectivity index (χ0n) is 20.1. The molecule has 0 aliphatic heterocycles. The first-order valence-electron chi connectivity index (χ1n) is 11.7. The van der Waals surface area contributed by atoms with E-state index < -0.39 is 23.3 Å². The van der Waals surface area contributed by atoms with Crippen LogP contribution in [0.2, 0.25) is 0 Å². The van der Waals surface area contributed by atoms with Gasteiger partial charge in [0, 0.05) is 12.1 Å². The molecule has 2 aromatic heterocycles.